The number of rotatable bonds is 6. The van der Waals surface area contributed by atoms with Gasteiger partial charge < -0.3 is 15.2 Å². The van der Waals surface area contributed by atoms with Gasteiger partial charge in [-0.15, -0.1) is 0 Å². The molecule has 4 heteroatoms. The van der Waals surface area contributed by atoms with Crippen molar-refractivity contribution < 1.29 is 9.84 Å². The fourth-order valence-electron chi connectivity index (χ4n) is 2.01. The Balaban J connectivity index is 2.27. The summed E-state index contributed by atoms with van der Waals surface area (Å²) in [6.45, 7) is 10.3. The van der Waals surface area contributed by atoms with E-state index >= 15 is 0 Å². The molecule has 96 valence electrons. The van der Waals surface area contributed by atoms with Crippen molar-refractivity contribution in [3.63, 3.8) is 0 Å². The second kappa shape index (κ2) is 7.22. The Kier molecular flexibility index (Phi) is 6.28. The van der Waals surface area contributed by atoms with E-state index in [0.717, 1.165) is 32.7 Å². The molecule has 1 heterocycles. The summed E-state index contributed by atoms with van der Waals surface area (Å²) in [5.41, 5.74) is 0. The van der Waals surface area contributed by atoms with E-state index < -0.39 is 0 Å². The van der Waals surface area contributed by atoms with Gasteiger partial charge in [0.15, 0.2) is 0 Å². The molecule has 1 saturated heterocycles. The summed E-state index contributed by atoms with van der Waals surface area (Å²) in [6, 6.07) is 0.906. The van der Waals surface area contributed by atoms with Crippen molar-refractivity contribution in [2.24, 2.45) is 0 Å². The fraction of sp³-hybridized carbons (Fsp3) is 1.00. The van der Waals surface area contributed by atoms with Gasteiger partial charge >= 0.3 is 0 Å². The summed E-state index contributed by atoms with van der Waals surface area (Å²) in [7, 11) is 0. The number of hydrogen-bond acceptors (Lipinski definition) is 4. The first-order chi connectivity index (χ1) is 7.63. The van der Waals surface area contributed by atoms with Gasteiger partial charge in [-0.25, -0.2) is 0 Å². The molecule has 1 rings (SSSR count). The Labute approximate surface area is 99.0 Å². The minimum atomic E-state index is -0.283. The van der Waals surface area contributed by atoms with Crippen LogP contribution in [0.4, 0.5) is 0 Å². The van der Waals surface area contributed by atoms with Crippen LogP contribution in [0.1, 0.15) is 27.2 Å². The second-order valence-electron chi connectivity index (χ2n) is 4.85. The predicted molar refractivity (Wildman–Crippen MR) is 65.6 cm³/mol. The van der Waals surface area contributed by atoms with E-state index in [1.54, 1.807) is 0 Å². The topological polar surface area (TPSA) is 44.7 Å². The molecule has 16 heavy (non-hydrogen) atoms. The molecule has 0 radical (unpaired) electrons. The van der Waals surface area contributed by atoms with Gasteiger partial charge in [0.2, 0.25) is 0 Å². The van der Waals surface area contributed by atoms with Crippen LogP contribution >= 0.6 is 0 Å². The highest BCUT2D eigenvalue weighted by atomic mass is 16.5. The van der Waals surface area contributed by atoms with E-state index in [2.05, 4.69) is 31.0 Å². The van der Waals surface area contributed by atoms with Gasteiger partial charge in [0.1, 0.15) is 0 Å². The van der Waals surface area contributed by atoms with E-state index in [-0.39, 0.29) is 6.10 Å². The zero-order valence-electron chi connectivity index (χ0n) is 10.8. The quantitative estimate of drug-likeness (QED) is 0.696. The van der Waals surface area contributed by atoms with Crippen LogP contribution in [0.2, 0.25) is 0 Å². The van der Waals surface area contributed by atoms with Gasteiger partial charge in [-0.2, -0.15) is 0 Å². The molecule has 2 atom stereocenters. The maximum Gasteiger partial charge on any atom is 0.0791 e. The van der Waals surface area contributed by atoms with E-state index in [1.807, 2.05) is 0 Å². The number of morpholine rings is 1. The van der Waals surface area contributed by atoms with E-state index in [4.69, 9.17) is 4.74 Å². The van der Waals surface area contributed by atoms with Crippen LogP contribution in [0.15, 0.2) is 0 Å². The molecule has 0 aromatic carbocycles. The zero-order chi connectivity index (χ0) is 12.0. The lowest BCUT2D eigenvalue weighted by molar-refractivity contribution is -0.0271. The van der Waals surface area contributed by atoms with Crippen molar-refractivity contribution in [3.8, 4) is 0 Å². The molecule has 0 aromatic rings. The van der Waals surface area contributed by atoms with Crippen molar-refractivity contribution in [2.75, 3.05) is 32.8 Å². The molecule has 1 fully saturated rings. The Morgan fingerprint density at radius 3 is 2.88 bits per heavy atom. The molecule has 0 bridgehead atoms. The fourth-order valence-corrected chi connectivity index (χ4v) is 2.01. The Bertz CT molecular complexity index is 188. The van der Waals surface area contributed by atoms with Gasteiger partial charge in [-0.3, -0.25) is 4.90 Å². The smallest absolute Gasteiger partial charge is 0.0791 e. The van der Waals surface area contributed by atoms with E-state index in [9.17, 15) is 5.11 Å². The number of aliphatic hydroxyl groups excluding tert-OH is 1. The Morgan fingerprint density at radius 2 is 2.25 bits per heavy atom. The van der Waals surface area contributed by atoms with E-state index in [0.29, 0.717) is 18.6 Å². The summed E-state index contributed by atoms with van der Waals surface area (Å²) < 4.78 is 5.44. The van der Waals surface area contributed by atoms with Crippen LogP contribution in [0.3, 0.4) is 0 Å². The molecule has 0 amide bonds. The van der Waals surface area contributed by atoms with Crippen LogP contribution < -0.4 is 5.32 Å². The summed E-state index contributed by atoms with van der Waals surface area (Å²) in [4.78, 5) is 2.34. The second-order valence-corrected chi connectivity index (χ2v) is 4.85. The predicted octanol–water partition coefficient (Wildman–Crippen LogP) is 0.456. The molecule has 0 aromatic heterocycles. The van der Waals surface area contributed by atoms with Crippen molar-refractivity contribution in [3.05, 3.63) is 0 Å². The molecular weight excluding hydrogens is 204 g/mol. The first-order valence-corrected chi connectivity index (χ1v) is 6.36. The van der Waals surface area contributed by atoms with Crippen molar-refractivity contribution in [1.82, 2.24) is 10.2 Å². The van der Waals surface area contributed by atoms with E-state index in [1.165, 1.54) is 0 Å². The third-order valence-corrected chi connectivity index (χ3v) is 3.03. The van der Waals surface area contributed by atoms with Crippen molar-refractivity contribution in [1.29, 1.82) is 0 Å². The maximum atomic E-state index is 9.92. The van der Waals surface area contributed by atoms with Gasteiger partial charge in [0, 0.05) is 31.7 Å². The molecule has 2 unspecified atom stereocenters. The lowest BCUT2D eigenvalue weighted by Crippen LogP contribution is -2.50. The molecular formula is C12H26N2O2. The number of β-amino-alcohol motifs (C(OH)–C–C–N with tert-alkyl or cyclic N) is 1. The molecule has 0 saturated carbocycles. The van der Waals surface area contributed by atoms with Crippen LogP contribution in [0.5, 0.6) is 0 Å². The molecule has 2 N–H and O–H groups in total. The minimum absolute atomic E-state index is 0.283. The lowest BCUT2D eigenvalue weighted by Gasteiger charge is -2.36. The monoisotopic (exact) mass is 230 g/mol. The van der Waals surface area contributed by atoms with Gasteiger partial charge in [-0.1, -0.05) is 20.8 Å². The van der Waals surface area contributed by atoms with Crippen LogP contribution in [-0.4, -0.2) is 61.0 Å². The molecule has 0 spiro atoms. The van der Waals surface area contributed by atoms with Crippen LogP contribution in [0, 0.1) is 0 Å². The summed E-state index contributed by atoms with van der Waals surface area (Å²) in [6.07, 6.45) is 0.805. The third kappa shape index (κ3) is 4.78. The summed E-state index contributed by atoms with van der Waals surface area (Å²) in [5, 5.41) is 13.2. The largest absolute Gasteiger partial charge is 0.390 e. The highest BCUT2D eigenvalue weighted by molar-refractivity contribution is 4.77. The highest BCUT2D eigenvalue weighted by Gasteiger charge is 2.23. The summed E-state index contributed by atoms with van der Waals surface area (Å²) >= 11 is 0. The van der Waals surface area contributed by atoms with Crippen LogP contribution in [0.25, 0.3) is 0 Å². The van der Waals surface area contributed by atoms with Crippen LogP contribution in [-0.2, 0) is 4.74 Å². The average Bonchev–Trinajstić information content (AvgIpc) is 2.27. The SMILES string of the molecule is CCC1COCCN1CC(O)CNC(C)C. The highest BCUT2D eigenvalue weighted by Crippen LogP contribution is 2.10. The maximum absolute atomic E-state index is 9.92. The first kappa shape index (κ1) is 13.9. The minimum Gasteiger partial charge on any atom is -0.390 e. The Morgan fingerprint density at radius 1 is 1.50 bits per heavy atom. The molecule has 1 aliphatic heterocycles. The Hall–Kier alpha value is -0.160. The number of ether oxygens (including phenoxy) is 1. The molecule has 0 aliphatic carbocycles. The molecule has 1 aliphatic rings. The van der Waals surface area contributed by atoms with Crippen molar-refractivity contribution >= 4 is 0 Å². The van der Waals surface area contributed by atoms with Gasteiger partial charge in [0.05, 0.1) is 19.3 Å². The lowest BCUT2D eigenvalue weighted by atomic mass is 10.1. The zero-order valence-corrected chi connectivity index (χ0v) is 10.8. The van der Waals surface area contributed by atoms with Crippen molar-refractivity contribution in [2.45, 2.75) is 45.4 Å². The number of nitrogens with one attached hydrogen (secondary N) is 1. The summed E-state index contributed by atoms with van der Waals surface area (Å²) in [5.74, 6) is 0. The number of nitrogens with zero attached hydrogens (tertiary/aromatic N) is 1. The third-order valence-electron chi connectivity index (χ3n) is 3.03. The van der Waals surface area contributed by atoms with Gasteiger partial charge in [0.25, 0.3) is 0 Å². The van der Waals surface area contributed by atoms with Gasteiger partial charge in [-0.05, 0) is 6.42 Å². The normalized spacial score (nSPS) is 24.9. The first-order valence-electron chi connectivity index (χ1n) is 6.36. The molecule has 4 nitrogen and oxygen atoms in total. The standard InChI is InChI=1S/C12H26N2O2/c1-4-11-9-16-6-5-14(11)8-12(15)7-13-10(2)3/h10-13,15H,4-9H2,1-3H3. The number of hydrogen-bond donors (Lipinski definition) is 2. The number of aliphatic hydroxyl groups is 1. The average molecular weight is 230 g/mol.